The topological polar surface area (TPSA) is 49.6 Å². The zero-order valence-corrected chi connectivity index (χ0v) is 12.5. The molecule has 2 rings (SSSR count). The van der Waals surface area contributed by atoms with E-state index in [1.807, 2.05) is 0 Å². The molecule has 2 aliphatic heterocycles. The second kappa shape index (κ2) is 6.71. The second-order valence-corrected chi connectivity index (χ2v) is 6.30. The highest BCUT2D eigenvalue weighted by atomic mass is 16.2. The molecule has 2 N–H and O–H groups in total. The highest BCUT2D eigenvalue weighted by Gasteiger charge is 2.35. The summed E-state index contributed by atoms with van der Waals surface area (Å²) in [6, 6.07) is 0.396. The van der Waals surface area contributed by atoms with Crippen molar-refractivity contribution in [1.29, 1.82) is 0 Å². The number of hydrogen-bond donors (Lipinski definition) is 1. The first-order chi connectivity index (χ1) is 9.13. The lowest BCUT2D eigenvalue weighted by Crippen LogP contribution is -2.48. The number of likely N-dealkylation sites (tertiary alicyclic amines) is 2. The zero-order chi connectivity index (χ0) is 13.8. The summed E-state index contributed by atoms with van der Waals surface area (Å²) in [6.45, 7) is 7.95. The average molecular weight is 267 g/mol. The first-order valence-electron chi connectivity index (χ1n) is 7.88. The Morgan fingerprint density at radius 3 is 2.42 bits per heavy atom. The molecular formula is C15H29N3O. The Balaban J connectivity index is 1.94. The lowest BCUT2D eigenvalue weighted by molar-refractivity contribution is -0.137. The van der Waals surface area contributed by atoms with Crippen LogP contribution in [0.1, 0.15) is 46.0 Å². The minimum Gasteiger partial charge on any atom is -0.338 e. The molecule has 3 unspecified atom stereocenters. The van der Waals surface area contributed by atoms with Gasteiger partial charge in [0.2, 0.25) is 5.91 Å². The molecule has 0 aromatic heterocycles. The molecule has 0 bridgehead atoms. The molecule has 4 heteroatoms. The molecule has 4 nitrogen and oxygen atoms in total. The van der Waals surface area contributed by atoms with E-state index in [1.54, 1.807) is 0 Å². The Kier molecular flexibility index (Phi) is 5.22. The molecule has 19 heavy (non-hydrogen) atoms. The van der Waals surface area contributed by atoms with Crippen LogP contribution in [0.2, 0.25) is 0 Å². The summed E-state index contributed by atoms with van der Waals surface area (Å²) in [5.74, 6) is 0.806. The average Bonchev–Trinajstić information content (AvgIpc) is 2.64. The van der Waals surface area contributed by atoms with Crippen LogP contribution in [0.3, 0.4) is 0 Å². The standard InChI is InChI=1S/C15H29N3O/c1-12-9-14(10-16)11-18(12)15(19)13(2)17-7-5-3-4-6-8-17/h12-14H,3-11,16H2,1-2H3. The molecule has 0 aromatic carbocycles. The summed E-state index contributed by atoms with van der Waals surface area (Å²) in [5.41, 5.74) is 5.75. The highest BCUT2D eigenvalue weighted by Crippen LogP contribution is 2.24. The normalized spacial score (nSPS) is 31.2. The maximum atomic E-state index is 12.7. The largest absolute Gasteiger partial charge is 0.338 e. The summed E-state index contributed by atoms with van der Waals surface area (Å²) < 4.78 is 0. The second-order valence-electron chi connectivity index (χ2n) is 6.30. The van der Waals surface area contributed by atoms with Crippen molar-refractivity contribution in [1.82, 2.24) is 9.80 Å². The first-order valence-corrected chi connectivity index (χ1v) is 7.88. The number of carbonyl (C=O) groups excluding carboxylic acids is 1. The van der Waals surface area contributed by atoms with Gasteiger partial charge < -0.3 is 10.6 Å². The van der Waals surface area contributed by atoms with Gasteiger partial charge in [0.05, 0.1) is 6.04 Å². The minimum atomic E-state index is 0.0390. The van der Waals surface area contributed by atoms with E-state index in [4.69, 9.17) is 5.73 Å². The molecular weight excluding hydrogens is 238 g/mol. The number of nitrogens with zero attached hydrogens (tertiary/aromatic N) is 2. The van der Waals surface area contributed by atoms with Crippen molar-refractivity contribution < 1.29 is 4.79 Å². The maximum Gasteiger partial charge on any atom is 0.239 e. The van der Waals surface area contributed by atoms with Gasteiger partial charge in [0, 0.05) is 12.6 Å². The molecule has 0 radical (unpaired) electrons. The van der Waals surface area contributed by atoms with Gasteiger partial charge in [0.25, 0.3) is 0 Å². The van der Waals surface area contributed by atoms with Gasteiger partial charge in [0.1, 0.15) is 0 Å². The van der Waals surface area contributed by atoms with Crippen molar-refractivity contribution in [3.05, 3.63) is 0 Å². The monoisotopic (exact) mass is 267 g/mol. The van der Waals surface area contributed by atoms with Crippen molar-refractivity contribution in [3.63, 3.8) is 0 Å². The van der Waals surface area contributed by atoms with Crippen molar-refractivity contribution in [3.8, 4) is 0 Å². The summed E-state index contributed by atoms with van der Waals surface area (Å²) in [6.07, 6.45) is 6.16. The van der Waals surface area contributed by atoms with Crippen LogP contribution in [0.25, 0.3) is 0 Å². The predicted octanol–water partition coefficient (Wildman–Crippen LogP) is 1.45. The van der Waals surface area contributed by atoms with Crippen molar-refractivity contribution >= 4 is 5.91 Å². The molecule has 2 heterocycles. The molecule has 3 atom stereocenters. The van der Waals surface area contributed by atoms with Crippen LogP contribution in [0.5, 0.6) is 0 Å². The Morgan fingerprint density at radius 2 is 1.89 bits per heavy atom. The third-order valence-corrected chi connectivity index (χ3v) is 4.82. The third kappa shape index (κ3) is 3.48. The maximum absolute atomic E-state index is 12.7. The van der Waals surface area contributed by atoms with Crippen LogP contribution in [0.4, 0.5) is 0 Å². The summed E-state index contributed by atoms with van der Waals surface area (Å²) in [7, 11) is 0. The van der Waals surface area contributed by atoms with Gasteiger partial charge in [-0.3, -0.25) is 9.69 Å². The van der Waals surface area contributed by atoms with E-state index in [9.17, 15) is 4.79 Å². The Labute approximate surface area is 117 Å². The van der Waals surface area contributed by atoms with Gasteiger partial charge in [0.15, 0.2) is 0 Å². The SMILES string of the molecule is CC(C(=O)N1CC(CN)CC1C)N1CCCCCC1. The minimum absolute atomic E-state index is 0.0390. The molecule has 2 fully saturated rings. The van der Waals surface area contributed by atoms with Crippen molar-refractivity contribution in [2.24, 2.45) is 11.7 Å². The van der Waals surface area contributed by atoms with Gasteiger partial charge in [-0.1, -0.05) is 12.8 Å². The highest BCUT2D eigenvalue weighted by molar-refractivity contribution is 5.82. The van der Waals surface area contributed by atoms with Gasteiger partial charge in [-0.2, -0.15) is 0 Å². The van der Waals surface area contributed by atoms with Crippen LogP contribution in [0, 0.1) is 5.92 Å². The number of carbonyl (C=O) groups is 1. The molecule has 2 saturated heterocycles. The molecule has 0 aromatic rings. The van der Waals surface area contributed by atoms with Crippen LogP contribution >= 0.6 is 0 Å². The van der Waals surface area contributed by atoms with Crippen LogP contribution in [-0.2, 0) is 4.79 Å². The quantitative estimate of drug-likeness (QED) is 0.842. The van der Waals surface area contributed by atoms with E-state index in [0.717, 1.165) is 26.1 Å². The van der Waals surface area contributed by atoms with E-state index in [0.29, 0.717) is 24.4 Å². The van der Waals surface area contributed by atoms with E-state index in [1.165, 1.54) is 25.7 Å². The number of rotatable bonds is 3. The molecule has 2 aliphatic rings. The number of amides is 1. The fraction of sp³-hybridized carbons (Fsp3) is 0.933. The first kappa shape index (κ1) is 14.8. The van der Waals surface area contributed by atoms with Crippen molar-refractivity contribution in [2.75, 3.05) is 26.2 Å². The Bertz CT molecular complexity index is 300. The van der Waals surface area contributed by atoms with E-state index in [-0.39, 0.29) is 6.04 Å². The van der Waals surface area contributed by atoms with E-state index < -0.39 is 0 Å². The zero-order valence-electron chi connectivity index (χ0n) is 12.5. The summed E-state index contributed by atoms with van der Waals surface area (Å²) in [4.78, 5) is 17.1. The molecule has 0 saturated carbocycles. The third-order valence-electron chi connectivity index (χ3n) is 4.82. The lowest BCUT2D eigenvalue weighted by atomic mass is 10.1. The number of hydrogen-bond acceptors (Lipinski definition) is 3. The van der Waals surface area contributed by atoms with Crippen LogP contribution < -0.4 is 5.73 Å². The van der Waals surface area contributed by atoms with E-state index >= 15 is 0 Å². The Morgan fingerprint density at radius 1 is 1.26 bits per heavy atom. The van der Waals surface area contributed by atoms with Gasteiger partial charge >= 0.3 is 0 Å². The molecule has 0 aliphatic carbocycles. The van der Waals surface area contributed by atoms with Crippen LogP contribution in [-0.4, -0.2) is 54.0 Å². The number of nitrogens with two attached hydrogens (primary N) is 1. The van der Waals surface area contributed by atoms with E-state index in [2.05, 4.69) is 23.6 Å². The molecule has 0 spiro atoms. The molecule has 1 amide bonds. The Hall–Kier alpha value is -0.610. The predicted molar refractivity (Wildman–Crippen MR) is 77.8 cm³/mol. The smallest absolute Gasteiger partial charge is 0.239 e. The van der Waals surface area contributed by atoms with Crippen molar-refractivity contribution in [2.45, 2.75) is 58.0 Å². The lowest BCUT2D eigenvalue weighted by Gasteiger charge is -2.32. The van der Waals surface area contributed by atoms with Gasteiger partial charge in [-0.25, -0.2) is 0 Å². The van der Waals surface area contributed by atoms with Gasteiger partial charge in [-0.15, -0.1) is 0 Å². The van der Waals surface area contributed by atoms with Crippen LogP contribution in [0.15, 0.2) is 0 Å². The fourth-order valence-corrected chi connectivity index (χ4v) is 3.50. The summed E-state index contributed by atoms with van der Waals surface area (Å²) in [5, 5.41) is 0. The fourth-order valence-electron chi connectivity index (χ4n) is 3.50. The van der Waals surface area contributed by atoms with Gasteiger partial charge in [-0.05, 0) is 58.7 Å². The molecule has 110 valence electrons. The summed E-state index contributed by atoms with van der Waals surface area (Å²) >= 11 is 0.